The molecule has 1 aliphatic heterocycles. The molecule has 0 radical (unpaired) electrons. The molecule has 4 nitrogen and oxygen atoms in total. The first-order valence-electron chi connectivity index (χ1n) is 7.99. The Labute approximate surface area is 145 Å². The minimum Gasteiger partial charge on any atom is -0.497 e. The van der Waals surface area contributed by atoms with Crippen molar-refractivity contribution in [3.05, 3.63) is 59.2 Å². The molecule has 1 saturated heterocycles. The normalized spacial score (nSPS) is 16.8. The number of benzene rings is 2. The number of ether oxygens (including phenoxy) is 2. The molecule has 3 rings (SSSR count). The lowest BCUT2D eigenvalue weighted by molar-refractivity contribution is 0.0786. The maximum atomic E-state index is 13.9. The molecule has 0 N–H and O–H groups in total. The van der Waals surface area contributed by atoms with Crippen LogP contribution < -0.4 is 9.47 Å². The zero-order valence-corrected chi connectivity index (χ0v) is 14.1. The SMILES string of the molecule is COc1ccc(OC)c([C@H]2CCN(C(=O)c3ccc(F)cc3F)C2)c1. The second kappa shape index (κ2) is 7.09. The number of carbonyl (C=O) groups excluding carboxylic acids is 1. The lowest BCUT2D eigenvalue weighted by atomic mass is 9.97. The second-order valence-electron chi connectivity index (χ2n) is 5.97. The second-order valence-corrected chi connectivity index (χ2v) is 5.97. The summed E-state index contributed by atoms with van der Waals surface area (Å²) in [7, 11) is 3.18. The Kier molecular flexibility index (Phi) is 4.88. The number of hydrogen-bond acceptors (Lipinski definition) is 3. The summed E-state index contributed by atoms with van der Waals surface area (Å²) in [6.07, 6.45) is 0.734. The number of rotatable bonds is 4. The van der Waals surface area contributed by atoms with Gasteiger partial charge in [-0.2, -0.15) is 0 Å². The maximum absolute atomic E-state index is 13.9. The molecule has 0 aromatic heterocycles. The van der Waals surface area contributed by atoms with Gasteiger partial charge in [-0.15, -0.1) is 0 Å². The van der Waals surface area contributed by atoms with Gasteiger partial charge in [0.15, 0.2) is 0 Å². The Bertz CT molecular complexity index is 794. The molecule has 1 atom stereocenters. The molecule has 1 fully saturated rings. The molecule has 1 amide bonds. The highest BCUT2D eigenvalue weighted by Crippen LogP contribution is 2.36. The Morgan fingerprint density at radius 3 is 2.60 bits per heavy atom. The molecule has 6 heteroatoms. The predicted octanol–water partition coefficient (Wildman–Crippen LogP) is 3.61. The molecule has 0 unspecified atom stereocenters. The van der Waals surface area contributed by atoms with Gasteiger partial charge in [0.25, 0.3) is 5.91 Å². The number of carbonyl (C=O) groups is 1. The van der Waals surface area contributed by atoms with E-state index in [1.54, 1.807) is 19.1 Å². The molecular formula is C19H19F2NO3. The Hall–Kier alpha value is -2.63. The van der Waals surface area contributed by atoms with Gasteiger partial charge in [0, 0.05) is 30.6 Å². The van der Waals surface area contributed by atoms with E-state index >= 15 is 0 Å². The average molecular weight is 347 g/mol. The van der Waals surface area contributed by atoms with Gasteiger partial charge >= 0.3 is 0 Å². The van der Waals surface area contributed by atoms with Gasteiger partial charge in [-0.25, -0.2) is 8.78 Å². The largest absolute Gasteiger partial charge is 0.497 e. The third kappa shape index (κ3) is 3.43. The van der Waals surface area contributed by atoms with Gasteiger partial charge in [-0.05, 0) is 36.8 Å². The average Bonchev–Trinajstić information content (AvgIpc) is 3.10. The fourth-order valence-electron chi connectivity index (χ4n) is 3.19. The fraction of sp³-hybridized carbons (Fsp3) is 0.316. The zero-order chi connectivity index (χ0) is 18.0. The van der Waals surface area contributed by atoms with Crippen LogP contribution in [0.2, 0.25) is 0 Å². The van der Waals surface area contributed by atoms with Crippen LogP contribution in [0.4, 0.5) is 8.78 Å². The van der Waals surface area contributed by atoms with Gasteiger partial charge in [-0.3, -0.25) is 4.79 Å². The van der Waals surface area contributed by atoms with Gasteiger partial charge in [0.05, 0.1) is 19.8 Å². The Morgan fingerprint density at radius 1 is 1.12 bits per heavy atom. The summed E-state index contributed by atoms with van der Waals surface area (Å²) in [5, 5.41) is 0. The first-order chi connectivity index (χ1) is 12.0. The van der Waals surface area contributed by atoms with E-state index in [1.807, 2.05) is 18.2 Å². The molecular weight excluding hydrogens is 328 g/mol. The minimum absolute atomic E-state index is 0.0671. The number of amides is 1. The van der Waals surface area contributed by atoms with Crippen LogP contribution in [0.3, 0.4) is 0 Å². The number of halogens is 2. The molecule has 25 heavy (non-hydrogen) atoms. The van der Waals surface area contributed by atoms with Crippen molar-refractivity contribution in [2.24, 2.45) is 0 Å². The lowest BCUT2D eigenvalue weighted by Crippen LogP contribution is -2.29. The number of nitrogens with zero attached hydrogens (tertiary/aromatic N) is 1. The molecule has 1 heterocycles. The van der Waals surface area contributed by atoms with Crippen molar-refractivity contribution >= 4 is 5.91 Å². The molecule has 0 saturated carbocycles. The van der Waals surface area contributed by atoms with Crippen LogP contribution in [0.1, 0.15) is 28.3 Å². The third-order valence-electron chi connectivity index (χ3n) is 4.51. The molecule has 0 spiro atoms. The highest BCUT2D eigenvalue weighted by molar-refractivity contribution is 5.94. The molecule has 0 aliphatic carbocycles. The number of methoxy groups -OCH3 is 2. The van der Waals surface area contributed by atoms with Crippen molar-refractivity contribution in [2.45, 2.75) is 12.3 Å². The van der Waals surface area contributed by atoms with Crippen LogP contribution in [0.25, 0.3) is 0 Å². The first kappa shape index (κ1) is 17.2. The summed E-state index contributed by atoms with van der Waals surface area (Å²) in [4.78, 5) is 14.1. The highest BCUT2D eigenvalue weighted by Gasteiger charge is 2.31. The van der Waals surface area contributed by atoms with E-state index < -0.39 is 17.5 Å². The van der Waals surface area contributed by atoms with Crippen molar-refractivity contribution in [1.82, 2.24) is 4.90 Å². The van der Waals surface area contributed by atoms with Gasteiger partial charge in [0.1, 0.15) is 23.1 Å². The number of hydrogen-bond donors (Lipinski definition) is 0. The minimum atomic E-state index is -0.840. The van der Waals surface area contributed by atoms with E-state index in [9.17, 15) is 13.6 Å². The quantitative estimate of drug-likeness (QED) is 0.848. The molecule has 0 bridgehead atoms. The topological polar surface area (TPSA) is 38.8 Å². The van der Waals surface area contributed by atoms with E-state index in [1.165, 1.54) is 6.07 Å². The summed E-state index contributed by atoms with van der Waals surface area (Å²) in [5.41, 5.74) is 0.844. The van der Waals surface area contributed by atoms with Crippen LogP contribution in [0.15, 0.2) is 36.4 Å². The summed E-state index contributed by atoms with van der Waals surface area (Å²) >= 11 is 0. The van der Waals surface area contributed by atoms with Crippen molar-refractivity contribution < 1.29 is 23.0 Å². The van der Waals surface area contributed by atoms with Crippen molar-refractivity contribution in [1.29, 1.82) is 0 Å². The van der Waals surface area contributed by atoms with E-state index in [4.69, 9.17) is 9.47 Å². The molecule has 1 aliphatic rings. The Balaban J connectivity index is 1.81. The standard InChI is InChI=1S/C19H19F2NO3/c1-24-14-4-6-18(25-2)16(10-14)12-7-8-22(11-12)19(23)15-5-3-13(20)9-17(15)21/h3-6,9-10,12H,7-8,11H2,1-2H3/t12-/m0/s1. The molecule has 2 aromatic carbocycles. The summed E-state index contributed by atoms with van der Waals surface area (Å²) in [5.74, 6) is -0.459. The van der Waals surface area contributed by atoms with Crippen molar-refractivity contribution in [3.63, 3.8) is 0 Å². The molecule has 132 valence electrons. The van der Waals surface area contributed by atoms with Gasteiger partial charge in [0.2, 0.25) is 0 Å². The highest BCUT2D eigenvalue weighted by atomic mass is 19.1. The third-order valence-corrected chi connectivity index (χ3v) is 4.51. The van der Waals surface area contributed by atoms with Crippen LogP contribution in [-0.4, -0.2) is 38.1 Å². The van der Waals surface area contributed by atoms with Crippen molar-refractivity contribution in [2.75, 3.05) is 27.3 Å². The van der Waals surface area contributed by atoms with E-state index in [2.05, 4.69) is 0 Å². The first-order valence-corrected chi connectivity index (χ1v) is 7.99. The Morgan fingerprint density at radius 2 is 1.92 bits per heavy atom. The van der Waals surface area contributed by atoms with E-state index in [0.717, 1.165) is 29.9 Å². The van der Waals surface area contributed by atoms with Gasteiger partial charge in [-0.1, -0.05) is 0 Å². The summed E-state index contributed by atoms with van der Waals surface area (Å²) in [6, 6.07) is 8.55. The van der Waals surface area contributed by atoms with Crippen LogP contribution >= 0.6 is 0 Å². The van der Waals surface area contributed by atoms with Crippen molar-refractivity contribution in [3.8, 4) is 11.5 Å². The van der Waals surface area contributed by atoms with E-state index in [0.29, 0.717) is 18.8 Å². The number of likely N-dealkylation sites (tertiary alicyclic amines) is 1. The smallest absolute Gasteiger partial charge is 0.256 e. The summed E-state index contributed by atoms with van der Waals surface area (Å²) < 4.78 is 37.6. The monoisotopic (exact) mass is 347 g/mol. The lowest BCUT2D eigenvalue weighted by Gasteiger charge is -2.19. The van der Waals surface area contributed by atoms with Crippen LogP contribution in [0.5, 0.6) is 11.5 Å². The fourth-order valence-corrected chi connectivity index (χ4v) is 3.19. The predicted molar refractivity (Wildman–Crippen MR) is 89.2 cm³/mol. The zero-order valence-electron chi connectivity index (χ0n) is 14.1. The van der Waals surface area contributed by atoms with E-state index in [-0.39, 0.29) is 11.5 Å². The van der Waals surface area contributed by atoms with Crippen LogP contribution in [-0.2, 0) is 0 Å². The molecule has 2 aromatic rings. The summed E-state index contributed by atoms with van der Waals surface area (Å²) in [6.45, 7) is 0.944. The van der Waals surface area contributed by atoms with Crippen LogP contribution in [0, 0.1) is 11.6 Å². The van der Waals surface area contributed by atoms with Gasteiger partial charge < -0.3 is 14.4 Å². The maximum Gasteiger partial charge on any atom is 0.256 e.